The molecule has 0 saturated carbocycles. The van der Waals surface area contributed by atoms with E-state index in [0.29, 0.717) is 6.04 Å². The van der Waals surface area contributed by atoms with Crippen LogP contribution >= 0.6 is 0 Å². The molecular weight excluding hydrogens is 288 g/mol. The van der Waals surface area contributed by atoms with Crippen LogP contribution < -0.4 is 10.2 Å². The minimum absolute atomic E-state index is 0.443. The number of para-hydroxylation sites is 1. The van der Waals surface area contributed by atoms with Gasteiger partial charge in [-0.1, -0.05) is 18.2 Å². The van der Waals surface area contributed by atoms with Crippen molar-refractivity contribution in [2.24, 2.45) is 0 Å². The maximum Gasteiger partial charge on any atom is 0.151 e. The van der Waals surface area contributed by atoms with Crippen molar-refractivity contribution in [2.75, 3.05) is 18.0 Å². The first-order chi connectivity index (χ1) is 11.4. The van der Waals surface area contributed by atoms with Crippen molar-refractivity contribution in [3.05, 3.63) is 54.4 Å². The molecule has 1 unspecified atom stereocenters. The molecule has 0 spiro atoms. The Morgan fingerprint density at radius 3 is 3.04 bits per heavy atom. The van der Waals surface area contributed by atoms with Gasteiger partial charge in [0, 0.05) is 30.7 Å². The van der Waals surface area contributed by atoms with Crippen LogP contribution in [0.2, 0.25) is 0 Å². The summed E-state index contributed by atoms with van der Waals surface area (Å²) in [6, 6.07) is 14.7. The number of piperidine rings is 1. The monoisotopic (exact) mass is 308 g/mol. The fourth-order valence-corrected chi connectivity index (χ4v) is 3.18. The van der Waals surface area contributed by atoms with Gasteiger partial charge in [0.1, 0.15) is 11.3 Å². The van der Waals surface area contributed by atoms with Crippen LogP contribution in [0.15, 0.2) is 53.1 Å². The maximum atomic E-state index is 5.87. The summed E-state index contributed by atoms with van der Waals surface area (Å²) in [5.41, 5.74) is 0.953. The highest BCUT2D eigenvalue weighted by molar-refractivity contribution is 5.77. The molecule has 1 N–H and O–H groups in total. The predicted molar refractivity (Wildman–Crippen MR) is 90.3 cm³/mol. The standard InChI is InChI=1S/C18H20N4O/c1-2-7-17-14(5-1)11-16(23-17)12-19-15-6-4-10-22(13-15)18-8-3-9-20-21-18/h1-3,5,7-9,11,15,19H,4,6,10,12-13H2. The molecule has 3 heterocycles. The molecule has 1 aromatic carbocycles. The quantitative estimate of drug-likeness (QED) is 0.803. The van der Waals surface area contributed by atoms with Gasteiger partial charge in [-0.05, 0) is 37.1 Å². The molecule has 1 fully saturated rings. The van der Waals surface area contributed by atoms with Crippen molar-refractivity contribution < 1.29 is 4.42 Å². The van der Waals surface area contributed by atoms with Gasteiger partial charge in [-0.2, -0.15) is 5.10 Å². The molecule has 2 aromatic heterocycles. The molecule has 0 amide bonds. The van der Waals surface area contributed by atoms with Crippen LogP contribution in [0.5, 0.6) is 0 Å². The van der Waals surface area contributed by atoms with Crippen LogP contribution in [0, 0.1) is 0 Å². The molecule has 0 aliphatic carbocycles. The first-order valence-corrected chi connectivity index (χ1v) is 8.12. The van der Waals surface area contributed by atoms with Crippen LogP contribution in [-0.2, 0) is 6.54 Å². The van der Waals surface area contributed by atoms with E-state index in [4.69, 9.17) is 4.42 Å². The zero-order chi connectivity index (χ0) is 15.5. The number of hydrogen-bond acceptors (Lipinski definition) is 5. The third kappa shape index (κ3) is 3.19. The fraction of sp³-hybridized carbons (Fsp3) is 0.333. The molecule has 1 aliphatic heterocycles. The summed E-state index contributed by atoms with van der Waals surface area (Å²) in [5, 5.41) is 13.0. The number of anilines is 1. The van der Waals surface area contributed by atoms with E-state index in [1.807, 2.05) is 30.3 Å². The minimum Gasteiger partial charge on any atom is -0.460 e. The van der Waals surface area contributed by atoms with Gasteiger partial charge in [0.15, 0.2) is 5.82 Å². The minimum atomic E-state index is 0.443. The van der Waals surface area contributed by atoms with E-state index in [-0.39, 0.29) is 0 Å². The lowest BCUT2D eigenvalue weighted by atomic mass is 10.1. The van der Waals surface area contributed by atoms with Crippen molar-refractivity contribution >= 4 is 16.8 Å². The van der Waals surface area contributed by atoms with Crippen molar-refractivity contribution in [2.45, 2.75) is 25.4 Å². The van der Waals surface area contributed by atoms with E-state index in [1.165, 1.54) is 6.42 Å². The number of hydrogen-bond donors (Lipinski definition) is 1. The first-order valence-electron chi connectivity index (χ1n) is 8.12. The molecule has 5 nitrogen and oxygen atoms in total. The second-order valence-electron chi connectivity index (χ2n) is 6.00. The second kappa shape index (κ2) is 6.38. The van der Waals surface area contributed by atoms with Crippen LogP contribution in [0.3, 0.4) is 0 Å². The molecule has 118 valence electrons. The summed E-state index contributed by atoms with van der Waals surface area (Å²) in [6.45, 7) is 2.76. The molecule has 0 radical (unpaired) electrons. The van der Waals surface area contributed by atoms with E-state index in [0.717, 1.165) is 48.6 Å². The predicted octanol–water partition coefficient (Wildman–Crippen LogP) is 2.98. The van der Waals surface area contributed by atoms with Crippen LogP contribution in [0.25, 0.3) is 11.0 Å². The highest BCUT2D eigenvalue weighted by Crippen LogP contribution is 2.20. The molecule has 1 atom stereocenters. The van der Waals surface area contributed by atoms with E-state index >= 15 is 0 Å². The Morgan fingerprint density at radius 2 is 2.17 bits per heavy atom. The third-order valence-corrected chi connectivity index (χ3v) is 4.35. The van der Waals surface area contributed by atoms with E-state index < -0.39 is 0 Å². The SMILES string of the molecule is c1cnnc(N2CCCC(NCc3cc4ccccc4o3)C2)c1. The van der Waals surface area contributed by atoms with Crippen molar-refractivity contribution in [1.82, 2.24) is 15.5 Å². The lowest BCUT2D eigenvalue weighted by molar-refractivity contribution is 0.399. The molecule has 3 aromatic rings. The average Bonchev–Trinajstić information content (AvgIpc) is 3.04. The molecule has 1 saturated heterocycles. The first kappa shape index (κ1) is 14.2. The van der Waals surface area contributed by atoms with Gasteiger partial charge in [-0.3, -0.25) is 0 Å². The van der Waals surface area contributed by atoms with Crippen LogP contribution in [0.1, 0.15) is 18.6 Å². The summed E-state index contributed by atoms with van der Waals surface area (Å²) in [6.07, 6.45) is 4.05. The smallest absolute Gasteiger partial charge is 0.151 e. The van der Waals surface area contributed by atoms with Crippen molar-refractivity contribution in [3.63, 3.8) is 0 Å². The topological polar surface area (TPSA) is 54.2 Å². The molecule has 0 bridgehead atoms. The Kier molecular flexibility index (Phi) is 3.94. The maximum absolute atomic E-state index is 5.87. The number of nitrogens with zero attached hydrogens (tertiary/aromatic N) is 3. The highest BCUT2D eigenvalue weighted by Gasteiger charge is 2.21. The van der Waals surface area contributed by atoms with Gasteiger partial charge in [0.2, 0.25) is 0 Å². The van der Waals surface area contributed by atoms with E-state index in [1.54, 1.807) is 6.20 Å². The van der Waals surface area contributed by atoms with Crippen molar-refractivity contribution in [3.8, 4) is 0 Å². The van der Waals surface area contributed by atoms with E-state index in [2.05, 4.69) is 32.5 Å². The van der Waals surface area contributed by atoms with Gasteiger partial charge in [0.25, 0.3) is 0 Å². The number of fused-ring (bicyclic) bond motifs is 1. The molecule has 5 heteroatoms. The summed E-state index contributed by atoms with van der Waals surface area (Å²) in [7, 11) is 0. The van der Waals surface area contributed by atoms with Crippen LogP contribution in [-0.4, -0.2) is 29.3 Å². The van der Waals surface area contributed by atoms with E-state index in [9.17, 15) is 0 Å². The lowest BCUT2D eigenvalue weighted by Gasteiger charge is -2.33. The van der Waals surface area contributed by atoms with Gasteiger partial charge >= 0.3 is 0 Å². The van der Waals surface area contributed by atoms with Gasteiger partial charge in [0.05, 0.1) is 6.54 Å². The normalized spacial score (nSPS) is 18.4. The highest BCUT2D eigenvalue weighted by atomic mass is 16.3. The largest absolute Gasteiger partial charge is 0.460 e. The van der Waals surface area contributed by atoms with Crippen LogP contribution in [0.4, 0.5) is 5.82 Å². The Morgan fingerprint density at radius 1 is 1.22 bits per heavy atom. The second-order valence-corrected chi connectivity index (χ2v) is 6.00. The van der Waals surface area contributed by atoms with Crippen molar-refractivity contribution in [1.29, 1.82) is 0 Å². The summed E-state index contributed by atoms with van der Waals surface area (Å²) in [4.78, 5) is 2.30. The Balaban J connectivity index is 1.38. The number of benzene rings is 1. The zero-order valence-corrected chi connectivity index (χ0v) is 13.0. The number of furan rings is 1. The lowest BCUT2D eigenvalue weighted by Crippen LogP contribution is -2.45. The summed E-state index contributed by atoms with van der Waals surface area (Å²) >= 11 is 0. The molecule has 1 aliphatic rings. The number of aromatic nitrogens is 2. The molecular formula is C18H20N4O. The Labute approximate surface area is 135 Å². The average molecular weight is 308 g/mol. The van der Waals surface area contributed by atoms with Gasteiger partial charge in [-0.15, -0.1) is 5.10 Å². The Hall–Kier alpha value is -2.40. The Bertz CT molecular complexity index is 738. The fourth-order valence-electron chi connectivity index (χ4n) is 3.18. The molecule has 4 rings (SSSR count). The number of rotatable bonds is 4. The molecule has 23 heavy (non-hydrogen) atoms. The summed E-state index contributed by atoms with van der Waals surface area (Å²) < 4.78 is 5.87. The third-order valence-electron chi connectivity index (χ3n) is 4.35. The summed E-state index contributed by atoms with van der Waals surface area (Å²) in [5.74, 6) is 1.95. The number of nitrogens with one attached hydrogen (secondary N) is 1. The zero-order valence-electron chi connectivity index (χ0n) is 13.0. The van der Waals surface area contributed by atoms with Gasteiger partial charge in [-0.25, -0.2) is 0 Å². The van der Waals surface area contributed by atoms with Gasteiger partial charge < -0.3 is 14.6 Å².